The highest BCUT2D eigenvalue weighted by Gasteiger charge is 2.45. The van der Waals surface area contributed by atoms with Crippen LogP contribution in [0.3, 0.4) is 0 Å². The summed E-state index contributed by atoms with van der Waals surface area (Å²) in [4.78, 5) is 1.92. The van der Waals surface area contributed by atoms with E-state index in [9.17, 15) is 8.78 Å². The predicted molar refractivity (Wildman–Crippen MR) is 58.8 cm³/mol. The zero-order valence-electron chi connectivity index (χ0n) is 10.3. The van der Waals surface area contributed by atoms with Crippen molar-refractivity contribution < 1.29 is 13.5 Å². The second-order valence-electron chi connectivity index (χ2n) is 6.05. The van der Waals surface area contributed by atoms with Gasteiger partial charge in [0, 0.05) is 19.0 Å². The number of ether oxygens (including phenoxy) is 1. The first kappa shape index (κ1) is 12.2. The largest absolute Gasteiger partial charge is 0.373 e. The third-order valence-electron chi connectivity index (χ3n) is 3.31. The minimum atomic E-state index is -2.46. The molecule has 2 aliphatic rings. The van der Waals surface area contributed by atoms with E-state index in [0.717, 1.165) is 12.8 Å². The smallest absolute Gasteiger partial charge is 0.261 e. The number of nitrogens with zero attached hydrogens (tertiary/aromatic N) is 1. The maximum absolute atomic E-state index is 13.0. The van der Waals surface area contributed by atoms with Crippen molar-refractivity contribution in [2.24, 2.45) is 0 Å². The van der Waals surface area contributed by atoms with Crippen molar-refractivity contribution in [2.45, 2.75) is 63.7 Å². The molecule has 0 N–H and O–H groups in total. The Hall–Kier alpha value is -0.220. The van der Waals surface area contributed by atoms with Gasteiger partial charge < -0.3 is 4.74 Å². The first-order valence-electron chi connectivity index (χ1n) is 6.05. The van der Waals surface area contributed by atoms with Crippen molar-refractivity contribution in [3.63, 3.8) is 0 Å². The normalized spacial score (nSPS) is 35.1. The lowest BCUT2D eigenvalue weighted by Crippen LogP contribution is -2.49. The first-order chi connectivity index (χ1) is 7.25. The summed E-state index contributed by atoms with van der Waals surface area (Å²) in [6.45, 7) is 6.58. The maximum Gasteiger partial charge on any atom is 0.261 e. The highest BCUT2D eigenvalue weighted by Crippen LogP contribution is 2.36. The Morgan fingerprint density at radius 2 is 1.88 bits per heavy atom. The molecule has 0 bridgehead atoms. The molecule has 2 nitrogen and oxygen atoms in total. The molecule has 0 unspecified atom stereocenters. The van der Waals surface area contributed by atoms with E-state index in [1.165, 1.54) is 0 Å². The fraction of sp³-hybridized carbons (Fsp3) is 1.00. The predicted octanol–water partition coefficient (Wildman–Crippen LogP) is 2.67. The van der Waals surface area contributed by atoms with Gasteiger partial charge in [-0.3, -0.25) is 4.90 Å². The Morgan fingerprint density at radius 3 is 2.31 bits per heavy atom. The van der Waals surface area contributed by atoms with Crippen LogP contribution in [-0.2, 0) is 4.74 Å². The topological polar surface area (TPSA) is 12.5 Å². The second kappa shape index (κ2) is 3.91. The molecule has 0 spiro atoms. The molecule has 16 heavy (non-hydrogen) atoms. The number of alkyl halides is 2. The number of likely N-dealkylation sites (tertiary alicyclic amines) is 1. The van der Waals surface area contributed by atoms with Crippen LogP contribution < -0.4 is 0 Å². The molecule has 1 saturated carbocycles. The van der Waals surface area contributed by atoms with Crippen molar-refractivity contribution in [3.05, 3.63) is 0 Å². The van der Waals surface area contributed by atoms with Gasteiger partial charge in [0.05, 0.1) is 18.2 Å². The zero-order chi connectivity index (χ0) is 12.0. The fourth-order valence-corrected chi connectivity index (χ4v) is 2.51. The van der Waals surface area contributed by atoms with Gasteiger partial charge >= 0.3 is 0 Å². The Balaban J connectivity index is 1.73. The summed E-state index contributed by atoms with van der Waals surface area (Å²) in [5.74, 6) is -2.46. The average Bonchev–Trinajstić information content (AvgIpc) is 2.35. The van der Waals surface area contributed by atoms with E-state index in [0.29, 0.717) is 12.6 Å². The van der Waals surface area contributed by atoms with Crippen LogP contribution in [-0.4, -0.2) is 41.7 Å². The summed E-state index contributed by atoms with van der Waals surface area (Å²) in [6.07, 6.45) is 2.11. The molecule has 0 amide bonds. The second-order valence-corrected chi connectivity index (χ2v) is 6.05. The first-order valence-corrected chi connectivity index (χ1v) is 6.05. The molecule has 0 atom stereocenters. The quantitative estimate of drug-likeness (QED) is 0.727. The van der Waals surface area contributed by atoms with Gasteiger partial charge in [-0.05, 0) is 33.6 Å². The monoisotopic (exact) mass is 233 g/mol. The van der Waals surface area contributed by atoms with Gasteiger partial charge in [0.1, 0.15) is 0 Å². The Kier molecular flexibility index (Phi) is 2.99. The van der Waals surface area contributed by atoms with Crippen molar-refractivity contribution in [1.29, 1.82) is 0 Å². The number of rotatable bonds is 2. The lowest BCUT2D eigenvalue weighted by atomic mass is 9.87. The van der Waals surface area contributed by atoms with Gasteiger partial charge in [0.2, 0.25) is 0 Å². The van der Waals surface area contributed by atoms with E-state index in [4.69, 9.17) is 4.74 Å². The van der Waals surface area contributed by atoms with Crippen molar-refractivity contribution in [3.8, 4) is 0 Å². The SMILES string of the molecule is CC(C)(C)OC1CC(N2CCC(F)(F)C2)C1. The highest BCUT2D eigenvalue weighted by molar-refractivity contribution is 4.94. The van der Waals surface area contributed by atoms with Crippen LogP contribution in [0.15, 0.2) is 0 Å². The van der Waals surface area contributed by atoms with Gasteiger partial charge in [-0.2, -0.15) is 0 Å². The van der Waals surface area contributed by atoms with Crippen LogP contribution >= 0.6 is 0 Å². The van der Waals surface area contributed by atoms with Gasteiger partial charge in [-0.25, -0.2) is 8.78 Å². The van der Waals surface area contributed by atoms with Crippen LogP contribution in [0.4, 0.5) is 8.78 Å². The third-order valence-corrected chi connectivity index (χ3v) is 3.31. The van der Waals surface area contributed by atoms with Crippen LogP contribution in [0.25, 0.3) is 0 Å². The molecule has 0 radical (unpaired) electrons. The molecule has 1 saturated heterocycles. The summed E-state index contributed by atoms with van der Waals surface area (Å²) < 4.78 is 31.8. The molecular formula is C12H21F2NO. The minimum absolute atomic E-state index is 0.0221. The molecule has 1 heterocycles. The van der Waals surface area contributed by atoms with Crippen LogP contribution in [0, 0.1) is 0 Å². The molecule has 0 aromatic rings. The molecule has 1 aliphatic heterocycles. The van der Waals surface area contributed by atoms with Crippen molar-refractivity contribution in [1.82, 2.24) is 4.90 Å². The van der Waals surface area contributed by atoms with Gasteiger partial charge in [-0.15, -0.1) is 0 Å². The summed E-state index contributed by atoms with van der Waals surface area (Å²) in [5.41, 5.74) is -0.120. The van der Waals surface area contributed by atoms with E-state index in [2.05, 4.69) is 0 Å². The lowest BCUT2D eigenvalue weighted by molar-refractivity contribution is -0.120. The Labute approximate surface area is 95.9 Å². The summed E-state index contributed by atoms with van der Waals surface area (Å²) in [6, 6.07) is 0.320. The molecular weight excluding hydrogens is 212 g/mol. The number of halogens is 2. The summed E-state index contributed by atoms with van der Waals surface area (Å²) in [5, 5.41) is 0. The average molecular weight is 233 g/mol. The molecule has 1 aliphatic carbocycles. The third kappa shape index (κ3) is 2.92. The zero-order valence-corrected chi connectivity index (χ0v) is 10.3. The van der Waals surface area contributed by atoms with E-state index in [1.54, 1.807) is 0 Å². The van der Waals surface area contributed by atoms with Crippen molar-refractivity contribution in [2.75, 3.05) is 13.1 Å². The molecule has 4 heteroatoms. The fourth-order valence-electron chi connectivity index (χ4n) is 2.51. The molecule has 94 valence electrons. The summed E-state index contributed by atoms with van der Waals surface area (Å²) >= 11 is 0. The van der Waals surface area contributed by atoms with E-state index in [-0.39, 0.29) is 24.7 Å². The van der Waals surface area contributed by atoms with Gasteiger partial charge in [0.15, 0.2) is 0 Å². The minimum Gasteiger partial charge on any atom is -0.373 e. The van der Waals surface area contributed by atoms with Crippen LogP contribution in [0.2, 0.25) is 0 Å². The Bertz CT molecular complexity index is 256. The standard InChI is InChI=1S/C12H21F2NO/c1-11(2,3)16-10-6-9(7-10)15-5-4-12(13,14)8-15/h9-10H,4-8H2,1-3H3. The van der Waals surface area contributed by atoms with Crippen LogP contribution in [0.1, 0.15) is 40.0 Å². The van der Waals surface area contributed by atoms with Gasteiger partial charge in [0.25, 0.3) is 5.92 Å². The van der Waals surface area contributed by atoms with Crippen molar-refractivity contribution >= 4 is 0 Å². The molecule has 0 aromatic carbocycles. The van der Waals surface area contributed by atoms with E-state index in [1.807, 2.05) is 25.7 Å². The highest BCUT2D eigenvalue weighted by atomic mass is 19.3. The number of hydrogen-bond acceptors (Lipinski definition) is 2. The lowest BCUT2D eigenvalue weighted by Gasteiger charge is -2.43. The maximum atomic E-state index is 13.0. The summed E-state index contributed by atoms with van der Waals surface area (Å²) in [7, 11) is 0. The Morgan fingerprint density at radius 1 is 1.25 bits per heavy atom. The van der Waals surface area contributed by atoms with Gasteiger partial charge in [-0.1, -0.05) is 0 Å². The van der Waals surface area contributed by atoms with E-state index >= 15 is 0 Å². The number of hydrogen-bond donors (Lipinski definition) is 0. The molecule has 2 fully saturated rings. The molecule has 0 aromatic heterocycles. The van der Waals surface area contributed by atoms with E-state index < -0.39 is 5.92 Å². The van der Waals surface area contributed by atoms with Crippen LogP contribution in [0.5, 0.6) is 0 Å². The molecule has 2 rings (SSSR count).